The summed E-state index contributed by atoms with van der Waals surface area (Å²) in [5, 5.41) is 8.61. The Kier molecular flexibility index (Phi) is 4.21. The summed E-state index contributed by atoms with van der Waals surface area (Å²) < 4.78 is 0.800. The molecule has 3 N–H and O–H groups in total. The maximum atomic E-state index is 8.61. The van der Waals surface area contributed by atoms with Gasteiger partial charge in [-0.3, -0.25) is 0 Å². The molecule has 0 radical (unpaired) electrons. The highest BCUT2D eigenvalue weighted by Gasteiger charge is 2.00. The van der Waals surface area contributed by atoms with Gasteiger partial charge < -0.3 is 10.8 Å². The van der Waals surface area contributed by atoms with Crippen LogP contribution in [0.3, 0.4) is 0 Å². The number of rotatable bonds is 3. The van der Waals surface area contributed by atoms with Gasteiger partial charge in [-0.1, -0.05) is 24.4 Å². The Balaban J connectivity index is 2.61. The molecule has 0 aromatic heterocycles. The van der Waals surface area contributed by atoms with Crippen molar-refractivity contribution in [2.24, 2.45) is 0 Å². The van der Waals surface area contributed by atoms with Crippen molar-refractivity contribution < 1.29 is 5.11 Å². The van der Waals surface area contributed by atoms with E-state index >= 15 is 0 Å². The Hall–Kier alpha value is -0.580. The van der Waals surface area contributed by atoms with Crippen molar-refractivity contribution in [3.8, 4) is 0 Å². The third kappa shape index (κ3) is 3.34. The summed E-state index contributed by atoms with van der Waals surface area (Å²) in [6, 6.07) is 7.42. The van der Waals surface area contributed by atoms with Crippen LogP contribution in [0.2, 0.25) is 0 Å². The van der Waals surface area contributed by atoms with Gasteiger partial charge in [0.15, 0.2) is 0 Å². The van der Waals surface area contributed by atoms with Crippen molar-refractivity contribution in [2.45, 2.75) is 0 Å². The molecule has 0 heterocycles. The first-order valence-corrected chi connectivity index (χ1v) is 5.27. The number of benzene rings is 1. The number of aliphatic hydroxyl groups is 1. The summed E-state index contributed by atoms with van der Waals surface area (Å²) in [6.07, 6.45) is 0. The molecule has 0 fully saturated rings. The Labute approximate surface area is 87.1 Å². The fraction of sp³-hybridized carbons (Fsp3) is 0.222. The van der Waals surface area contributed by atoms with Gasteiger partial charge in [0.25, 0.3) is 0 Å². The van der Waals surface area contributed by atoms with E-state index in [9.17, 15) is 0 Å². The van der Waals surface area contributed by atoms with E-state index in [0.29, 0.717) is 5.75 Å². The van der Waals surface area contributed by atoms with E-state index in [1.165, 1.54) is 11.8 Å². The maximum absolute atomic E-state index is 8.61. The van der Waals surface area contributed by atoms with Gasteiger partial charge in [0, 0.05) is 11.4 Å². The van der Waals surface area contributed by atoms with E-state index in [1.807, 2.05) is 24.3 Å². The van der Waals surface area contributed by atoms with Gasteiger partial charge >= 0.3 is 0 Å². The maximum Gasteiger partial charge on any atom is 0.0779 e. The summed E-state index contributed by atoms with van der Waals surface area (Å²) in [4.78, 5) is 0. The van der Waals surface area contributed by atoms with Gasteiger partial charge in [0.1, 0.15) is 0 Å². The predicted molar refractivity (Wildman–Crippen MR) is 62.1 cm³/mol. The van der Waals surface area contributed by atoms with Gasteiger partial charge in [0.2, 0.25) is 0 Å². The Morgan fingerprint density at radius 2 is 2.00 bits per heavy atom. The normalized spacial score (nSPS) is 9.92. The van der Waals surface area contributed by atoms with Crippen LogP contribution in [0.15, 0.2) is 24.3 Å². The minimum absolute atomic E-state index is 0.153. The van der Waals surface area contributed by atoms with Gasteiger partial charge in [-0.2, -0.15) is 0 Å². The van der Waals surface area contributed by atoms with Crippen LogP contribution in [0, 0.1) is 0 Å². The quantitative estimate of drug-likeness (QED) is 0.592. The number of nitrogens with two attached hydrogens (primary N) is 1. The van der Waals surface area contributed by atoms with E-state index < -0.39 is 0 Å². The first-order valence-electron chi connectivity index (χ1n) is 3.87. The molecule has 0 atom stereocenters. The first-order chi connectivity index (χ1) is 6.24. The third-order valence-corrected chi connectivity index (χ3v) is 2.94. The SMILES string of the molecule is Nc1ccc(C(=S)SCCO)cc1. The minimum Gasteiger partial charge on any atom is -0.399 e. The highest BCUT2D eigenvalue weighted by molar-refractivity contribution is 8.23. The molecule has 70 valence electrons. The molecule has 0 aliphatic carbocycles. The molecule has 0 spiro atoms. The summed E-state index contributed by atoms with van der Waals surface area (Å²) in [7, 11) is 0. The fourth-order valence-electron chi connectivity index (χ4n) is 0.841. The highest BCUT2D eigenvalue weighted by Crippen LogP contribution is 2.14. The zero-order valence-electron chi connectivity index (χ0n) is 7.06. The largest absolute Gasteiger partial charge is 0.399 e. The molecule has 1 aromatic rings. The fourth-order valence-corrected chi connectivity index (χ4v) is 1.81. The van der Waals surface area contributed by atoms with Crippen molar-refractivity contribution in [1.29, 1.82) is 0 Å². The second-order valence-corrected chi connectivity index (χ2v) is 4.25. The van der Waals surface area contributed by atoms with Gasteiger partial charge in [-0.25, -0.2) is 0 Å². The van der Waals surface area contributed by atoms with E-state index in [2.05, 4.69) is 0 Å². The van der Waals surface area contributed by atoms with Crippen molar-refractivity contribution in [3.63, 3.8) is 0 Å². The summed E-state index contributed by atoms with van der Waals surface area (Å²) in [5.41, 5.74) is 7.26. The molecule has 13 heavy (non-hydrogen) atoms. The van der Waals surface area contributed by atoms with Gasteiger partial charge in [-0.15, -0.1) is 11.8 Å². The number of anilines is 1. The molecule has 1 aromatic carbocycles. The summed E-state index contributed by atoms with van der Waals surface area (Å²) in [5.74, 6) is 0.642. The number of hydrogen-bond donors (Lipinski definition) is 2. The molecule has 1 rings (SSSR count). The molecule has 0 aliphatic heterocycles. The molecular weight excluding hydrogens is 202 g/mol. The molecule has 0 amide bonds. The zero-order chi connectivity index (χ0) is 9.68. The Bertz CT molecular complexity index is 284. The van der Waals surface area contributed by atoms with Crippen LogP contribution in [0.5, 0.6) is 0 Å². The lowest BCUT2D eigenvalue weighted by Gasteiger charge is -2.02. The molecule has 0 unspecified atom stereocenters. The van der Waals surface area contributed by atoms with E-state index in [1.54, 1.807) is 0 Å². The van der Waals surface area contributed by atoms with Gasteiger partial charge in [-0.05, 0) is 17.7 Å². The minimum atomic E-state index is 0.153. The number of thiocarbonyl (C=S) groups is 1. The number of thioether (sulfide) groups is 1. The molecule has 4 heteroatoms. The van der Waals surface area contributed by atoms with E-state index in [-0.39, 0.29) is 6.61 Å². The topological polar surface area (TPSA) is 46.2 Å². The monoisotopic (exact) mass is 213 g/mol. The molecule has 0 bridgehead atoms. The van der Waals surface area contributed by atoms with Crippen molar-refractivity contribution in [1.82, 2.24) is 0 Å². The highest BCUT2D eigenvalue weighted by atomic mass is 32.2. The van der Waals surface area contributed by atoms with Crippen molar-refractivity contribution >= 4 is 33.9 Å². The summed E-state index contributed by atoms with van der Waals surface area (Å²) >= 11 is 6.62. The second kappa shape index (κ2) is 5.21. The molecular formula is C9H11NOS2. The Morgan fingerprint density at radius 1 is 1.38 bits per heavy atom. The number of aliphatic hydroxyl groups excluding tert-OH is 1. The lowest BCUT2D eigenvalue weighted by Crippen LogP contribution is -1.96. The standard InChI is InChI=1S/C9H11NOS2/c10-8-3-1-7(2-4-8)9(12)13-6-5-11/h1-4,11H,5-6,10H2. The number of nitrogen functional groups attached to an aromatic ring is 1. The lowest BCUT2D eigenvalue weighted by atomic mass is 10.2. The van der Waals surface area contributed by atoms with Crippen LogP contribution in [0.25, 0.3) is 0 Å². The van der Waals surface area contributed by atoms with E-state index in [0.717, 1.165) is 15.4 Å². The van der Waals surface area contributed by atoms with Crippen LogP contribution in [0.1, 0.15) is 5.56 Å². The molecule has 2 nitrogen and oxygen atoms in total. The smallest absolute Gasteiger partial charge is 0.0779 e. The van der Waals surface area contributed by atoms with Crippen LogP contribution >= 0.6 is 24.0 Å². The molecule has 0 saturated heterocycles. The van der Waals surface area contributed by atoms with Crippen molar-refractivity contribution in [3.05, 3.63) is 29.8 Å². The van der Waals surface area contributed by atoms with Crippen LogP contribution in [-0.4, -0.2) is 21.7 Å². The zero-order valence-corrected chi connectivity index (χ0v) is 8.70. The van der Waals surface area contributed by atoms with Gasteiger partial charge in [0.05, 0.1) is 10.8 Å². The summed E-state index contributed by atoms with van der Waals surface area (Å²) in [6.45, 7) is 0.153. The lowest BCUT2D eigenvalue weighted by molar-refractivity contribution is 0.323. The molecule has 0 saturated carbocycles. The average Bonchev–Trinajstić information content (AvgIpc) is 2.15. The average molecular weight is 213 g/mol. The Morgan fingerprint density at radius 3 is 2.54 bits per heavy atom. The number of hydrogen-bond acceptors (Lipinski definition) is 4. The van der Waals surface area contributed by atoms with Crippen LogP contribution < -0.4 is 5.73 Å². The first kappa shape index (κ1) is 10.5. The van der Waals surface area contributed by atoms with Crippen LogP contribution in [0.4, 0.5) is 5.69 Å². The third-order valence-electron chi connectivity index (χ3n) is 1.47. The van der Waals surface area contributed by atoms with Crippen LogP contribution in [-0.2, 0) is 0 Å². The predicted octanol–water partition coefficient (Wildman–Crippen LogP) is 1.67. The van der Waals surface area contributed by atoms with Crippen molar-refractivity contribution in [2.75, 3.05) is 18.1 Å². The van der Waals surface area contributed by atoms with E-state index in [4.69, 9.17) is 23.1 Å². The molecule has 0 aliphatic rings. The second-order valence-electron chi connectivity index (χ2n) is 2.48.